The molecule has 0 saturated carbocycles. The minimum Gasteiger partial charge on any atom is -0.469 e. The number of aryl methyl sites for hydroxylation is 2. The molecular formula is C15H21NO3. The summed E-state index contributed by atoms with van der Waals surface area (Å²) in [6, 6.07) is 7.93. The zero-order chi connectivity index (χ0) is 14.3. The zero-order valence-corrected chi connectivity index (χ0v) is 11.7. The number of nitrogens with one attached hydrogen (secondary N) is 1. The summed E-state index contributed by atoms with van der Waals surface area (Å²) in [6.07, 6.45) is 1.33. The number of carbonyl (C=O) groups excluding carboxylic acids is 2. The number of benzene rings is 1. The minimum absolute atomic E-state index is 0.0445. The van der Waals surface area contributed by atoms with E-state index in [0.717, 1.165) is 5.56 Å². The van der Waals surface area contributed by atoms with Crippen molar-refractivity contribution in [2.24, 2.45) is 0 Å². The molecule has 0 aliphatic rings. The lowest BCUT2D eigenvalue weighted by molar-refractivity contribution is -0.141. The predicted octanol–water partition coefficient (Wildman–Crippen LogP) is 2.00. The summed E-state index contributed by atoms with van der Waals surface area (Å²) in [7, 11) is 1.34. The Morgan fingerprint density at radius 1 is 1.26 bits per heavy atom. The van der Waals surface area contributed by atoms with Gasteiger partial charge < -0.3 is 10.1 Å². The van der Waals surface area contributed by atoms with Gasteiger partial charge in [-0.2, -0.15) is 0 Å². The second-order valence-corrected chi connectivity index (χ2v) is 4.73. The highest BCUT2D eigenvalue weighted by Crippen LogP contribution is 2.06. The van der Waals surface area contributed by atoms with Gasteiger partial charge in [-0.3, -0.25) is 9.59 Å². The maximum absolute atomic E-state index is 11.7. The lowest BCUT2D eigenvalue weighted by atomic mass is 10.1. The van der Waals surface area contributed by atoms with Crippen LogP contribution in [-0.4, -0.2) is 25.0 Å². The van der Waals surface area contributed by atoms with E-state index in [-0.39, 0.29) is 24.3 Å². The van der Waals surface area contributed by atoms with E-state index in [0.29, 0.717) is 12.8 Å². The van der Waals surface area contributed by atoms with Gasteiger partial charge in [0, 0.05) is 12.5 Å². The third-order valence-electron chi connectivity index (χ3n) is 2.87. The molecule has 1 amide bonds. The predicted molar refractivity (Wildman–Crippen MR) is 73.7 cm³/mol. The lowest BCUT2D eigenvalue weighted by Gasteiger charge is -2.12. The van der Waals surface area contributed by atoms with E-state index in [1.54, 1.807) is 6.92 Å². The molecule has 1 aromatic carbocycles. The van der Waals surface area contributed by atoms with Crippen LogP contribution < -0.4 is 5.32 Å². The molecule has 0 fully saturated rings. The number of hydrogen-bond acceptors (Lipinski definition) is 3. The number of methoxy groups -OCH3 is 1. The van der Waals surface area contributed by atoms with Gasteiger partial charge in [0.15, 0.2) is 0 Å². The molecule has 19 heavy (non-hydrogen) atoms. The number of carbonyl (C=O) groups is 2. The van der Waals surface area contributed by atoms with Gasteiger partial charge in [0.2, 0.25) is 5.91 Å². The van der Waals surface area contributed by atoms with Gasteiger partial charge in [-0.25, -0.2) is 0 Å². The lowest BCUT2D eigenvalue weighted by Crippen LogP contribution is -2.34. The molecule has 1 atom stereocenters. The number of rotatable bonds is 6. The van der Waals surface area contributed by atoms with Gasteiger partial charge >= 0.3 is 5.97 Å². The quantitative estimate of drug-likeness (QED) is 0.799. The molecule has 0 saturated heterocycles. The number of hydrogen-bond donors (Lipinski definition) is 1. The van der Waals surface area contributed by atoms with E-state index in [1.807, 2.05) is 31.2 Å². The van der Waals surface area contributed by atoms with Crippen LogP contribution >= 0.6 is 0 Å². The molecule has 1 N–H and O–H groups in total. The summed E-state index contributed by atoms with van der Waals surface area (Å²) in [5.74, 6) is -0.358. The topological polar surface area (TPSA) is 55.4 Å². The van der Waals surface area contributed by atoms with Crippen LogP contribution in [-0.2, 0) is 20.7 Å². The highest BCUT2D eigenvalue weighted by atomic mass is 16.5. The van der Waals surface area contributed by atoms with Crippen molar-refractivity contribution >= 4 is 11.9 Å². The third kappa shape index (κ3) is 6.04. The van der Waals surface area contributed by atoms with Crippen molar-refractivity contribution in [3.63, 3.8) is 0 Å². The fourth-order valence-corrected chi connectivity index (χ4v) is 1.74. The van der Waals surface area contributed by atoms with Gasteiger partial charge in [0.1, 0.15) is 0 Å². The first-order chi connectivity index (χ1) is 9.01. The first-order valence-electron chi connectivity index (χ1n) is 6.43. The molecule has 0 radical (unpaired) electrons. The summed E-state index contributed by atoms with van der Waals surface area (Å²) in [6.45, 7) is 3.83. The summed E-state index contributed by atoms with van der Waals surface area (Å²) in [4.78, 5) is 22.7. The molecule has 0 heterocycles. The van der Waals surface area contributed by atoms with Crippen LogP contribution in [0, 0.1) is 6.92 Å². The van der Waals surface area contributed by atoms with Gasteiger partial charge in [0.25, 0.3) is 0 Å². The van der Waals surface area contributed by atoms with Crippen molar-refractivity contribution in [2.75, 3.05) is 7.11 Å². The van der Waals surface area contributed by atoms with Gasteiger partial charge in [-0.15, -0.1) is 0 Å². The highest BCUT2D eigenvalue weighted by Gasteiger charge is 2.11. The maximum atomic E-state index is 11.7. The standard InChI is InChI=1S/C15H21NO3/c1-11-4-6-13(7-5-11)8-9-14(17)16-12(2)10-15(18)19-3/h4-7,12H,8-10H2,1-3H3,(H,16,17). The monoisotopic (exact) mass is 263 g/mol. The Labute approximate surface area is 114 Å². The Balaban J connectivity index is 2.31. The summed E-state index contributed by atoms with van der Waals surface area (Å²) in [5.41, 5.74) is 2.35. The van der Waals surface area contributed by atoms with Crippen molar-refractivity contribution in [3.05, 3.63) is 35.4 Å². The van der Waals surface area contributed by atoms with Gasteiger partial charge in [0.05, 0.1) is 13.5 Å². The molecule has 0 spiro atoms. The summed E-state index contributed by atoms with van der Waals surface area (Å²) in [5, 5.41) is 2.79. The van der Waals surface area contributed by atoms with E-state index in [1.165, 1.54) is 12.7 Å². The largest absolute Gasteiger partial charge is 0.469 e. The molecule has 104 valence electrons. The van der Waals surface area contributed by atoms with Crippen LogP contribution in [0.15, 0.2) is 24.3 Å². The van der Waals surface area contributed by atoms with E-state index in [9.17, 15) is 9.59 Å². The molecule has 4 nitrogen and oxygen atoms in total. The second-order valence-electron chi connectivity index (χ2n) is 4.73. The normalized spacial score (nSPS) is 11.7. The van der Waals surface area contributed by atoms with Crippen molar-refractivity contribution in [2.45, 2.75) is 39.2 Å². The average molecular weight is 263 g/mol. The van der Waals surface area contributed by atoms with Crippen LogP contribution in [0.4, 0.5) is 0 Å². The fourth-order valence-electron chi connectivity index (χ4n) is 1.74. The Bertz CT molecular complexity index is 426. The molecule has 0 aliphatic carbocycles. The number of esters is 1. The summed E-state index contributed by atoms with van der Waals surface area (Å²) < 4.78 is 4.55. The van der Waals surface area contributed by atoms with Crippen molar-refractivity contribution in [1.82, 2.24) is 5.32 Å². The first-order valence-corrected chi connectivity index (χ1v) is 6.43. The Morgan fingerprint density at radius 2 is 1.89 bits per heavy atom. The second kappa shape index (κ2) is 7.56. The van der Waals surface area contributed by atoms with Crippen LogP contribution in [0.25, 0.3) is 0 Å². The van der Waals surface area contributed by atoms with Crippen molar-refractivity contribution in [3.8, 4) is 0 Å². The van der Waals surface area contributed by atoms with Gasteiger partial charge in [-0.05, 0) is 25.8 Å². The smallest absolute Gasteiger partial charge is 0.307 e. The van der Waals surface area contributed by atoms with Crippen molar-refractivity contribution in [1.29, 1.82) is 0 Å². The molecule has 4 heteroatoms. The zero-order valence-electron chi connectivity index (χ0n) is 11.7. The Morgan fingerprint density at radius 3 is 2.47 bits per heavy atom. The van der Waals surface area contributed by atoms with E-state index in [2.05, 4.69) is 10.1 Å². The molecule has 1 aromatic rings. The van der Waals surface area contributed by atoms with E-state index >= 15 is 0 Å². The van der Waals surface area contributed by atoms with Crippen LogP contribution in [0.3, 0.4) is 0 Å². The first kappa shape index (κ1) is 15.2. The number of amides is 1. The van der Waals surface area contributed by atoms with Crippen molar-refractivity contribution < 1.29 is 14.3 Å². The highest BCUT2D eigenvalue weighted by molar-refractivity contribution is 5.77. The maximum Gasteiger partial charge on any atom is 0.307 e. The van der Waals surface area contributed by atoms with E-state index < -0.39 is 0 Å². The van der Waals surface area contributed by atoms with E-state index in [4.69, 9.17) is 0 Å². The van der Waals surface area contributed by atoms with Crippen LogP contribution in [0.1, 0.15) is 30.9 Å². The average Bonchev–Trinajstić information content (AvgIpc) is 2.37. The third-order valence-corrected chi connectivity index (χ3v) is 2.87. The fraction of sp³-hybridized carbons (Fsp3) is 0.467. The molecule has 0 aromatic heterocycles. The van der Waals surface area contributed by atoms with Gasteiger partial charge in [-0.1, -0.05) is 29.8 Å². The minimum atomic E-state index is -0.314. The van der Waals surface area contributed by atoms with Crippen LogP contribution in [0.5, 0.6) is 0 Å². The molecule has 1 rings (SSSR count). The SMILES string of the molecule is COC(=O)CC(C)NC(=O)CCc1ccc(C)cc1. The Hall–Kier alpha value is -1.84. The molecule has 1 unspecified atom stereocenters. The molecular weight excluding hydrogens is 242 g/mol. The molecule has 0 aliphatic heterocycles. The Kier molecular flexibility index (Phi) is 6.06. The number of ether oxygens (including phenoxy) is 1. The molecule has 0 bridgehead atoms. The summed E-state index contributed by atoms with van der Waals surface area (Å²) >= 11 is 0. The van der Waals surface area contributed by atoms with Crippen LogP contribution in [0.2, 0.25) is 0 Å².